The molecule has 1 atom stereocenters. The van der Waals surface area contributed by atoms with Gasteiger partial charge >= 0.3 is 6.03 Å². The SMILES string of the molecule is CN(CC1CCCO1)C(=O)Nc1cccc(CN)c1. The third kappa shape index (κ3) is 3.94. The Labute approximate surface area is 113 Å². The van der Waals surface area contributed by atoms with Gasteiger partial charge in [0.2, 0.25) is 0 Å². The molecule has 1 aliphatic rings. The number of hydrogen-bond acceptors (Lipinski definition) is 3. The summed E-state index contributed by atoms with van der Waals surface area (Å²) < 4.78 is 5.52. The second kappa shape index (κ2) is 6.54. The number of nitrogens with one attached hydrogen (secondary N) is 1. The zero-order valence-corrected chi connectivity index (χ0v) is 11.3. The van der Waals surface area contributed by atoms with Crippen LogP contribution >= 0.6 is 0 Å². The van der Waals surface area contributed by atoms with E-state index in [9.17, 15) is 4.79 Å². The molecule has 5 heteroatoms. The van der Waals surface area contributed by atoms with Crippen molar-refractivity contribution in [1.29, 1.82) is 0 Å². The Hall–Kier alpha value is -1.59. The van der Waals surface area contributed by atoms with Crippen LogP contribution in [0.3, 0.4) is 0 Å². The highest BCUT2D eigenvalue weighted by Gasteiger charge is 2.19. The number of nitrogens with two attached hydrogens (primary N) is 1. The van der Waals surface area contributed by atoms with Crippen LogP contribution < -0.4 is 11.1 Å². The van der Waals surface area contributed by atoms with Crippen molar-refractivity contribution in [3.63, 3.8) is 0 Å². The zero-order chi connectivity index (χ0) is 13.7. The molecule has 19 heavy (non-hydrogen) atoms. The Bertz CT molecular complexity index is 430. The fourth-order valence-corrected chi connectivity index (χ4v) is 2.17. The molecule has 1 unspecified atom stereocenters. The zero-order valence-electron chi connectivity index (χ0n) is 11.3. The Balaban J connectivity index is 1.88. The lowest BCUT2D eigenvalue weighted by atomic mass is 10.2. The van der Waals surface area contributed by atoms with Gasteiger partial charge in [-0.1, -0.05) is 12.1 Å². The Morgan fingerprint density at radius 3 is 3.11 bits per heavy atom. The van der Waals surface area contributed by atoms with E-state index < -0.39 is 0 Å². The molecule has 1 saturated heterocycles. The van der Waals surface area contributed by atoms with Crippen LogP contribution in [0.4, 0.5) is 10.5 Å². The van der Waals surface area contributed by atoms with E-state index in [1.807, 2.05) is 24.3 Å². The van der Waals surface area contributed by atoms with Crippen LogP contribution in [0.1, 0.15) is 18.4 Å². The number of carbonyl (C=O) groups excluding carboxylic acids is 1. The van der Waals surface area contributed by atoms with E-state index in [2.05, 4.69) is 5.32 Å². The topological polar surface area (TPSA) is 67.6 Å². The first-order valence-corrected chi connectivity index (χ1v) is 6.62. The van der Waals surface area contributed by atoms with E-state index in [4.69, 9.17) is 10.5 Å². The molecule has 0 bridgehead atoms. The van der Waals surface area contributed by atoms with Gasteiger partial charge in [0.05, 0.1) is 6.10 Å². The molecule has 0 aromatic heterocycles. The van der Waals surface area contributed by atoms with Gasteiger partial charge in [-0.3, -0.25) is 0 Å². The van der Waals surface area contributed by atoms with E-state index in [0.29, 0.717) is 13.1 Å². The average Bonchev–Trinajstić information content (AvgIpc) is 2.91. The van der Waals surface area contributed by atoms with Crippen LogP contribution in [0, 0.1) is 0 Å². The molecular weight excluding hydrogens is 242 g/mol. The Morgan fingerprint density at radius 1 is 1.58 bits per heavy atom. The number of rotatable bonds is 4. The quantitative estimate of drug-likeness (QED) is 0.870. The summed E-state index contributed by atoms with van der Waals surface area (Å²) in [6.45, 7) is 1.90. The van der Waals surface area contributed by atoms with Gasteiger partial charge in [-0.15, -0.1) is 0 Å². The van der Waals surface area contributed by atoms with E-state index >= 15 is 0 Å². The smallest absolute Gasteiger partial charge is 0.321 e. The lowest BCUT2D eigenvalue weighted by Crippen LogP contribution is -2.37. The van der Waals surface area contributed by atoms with Gasteiger partial charge in [-0.2, -0.15) is 0 Å². The minimum Gasteiger partial charge on any atom is -0.376 e. The van der Waals surface area contributed by atoms with Crippen LogP contribution in [-0.2, 0) is 11.3 Å². The molecule has 104 valence electrons. The van der Waals surface area contributed by atoms with Gasteiger partial charge in [0.1, 0.15) is 0 Å². The first kappa shape index (κ1) is 13.8. The number of anilines is 1. The van der Waals surface area contributed by atoms with Crippen molar-refractivity contribution in [3.8, 4) is 0 Å². The summed E-state index contributed by atoms with van der Waals surface area (Å²) in [7, 11) is 1.78. The Kier molecular flexibility index (Phi) is 4.76. The number of amides is 2. The predicted molar refractivity (Wildman–Crippen MR) is 75.0 cm³/mol. The van der Waals surface area contributed by atoms with Gasteiger partial charge in [0.15, 0.2) is 0 Å². The van der Waals surface area contributed by atoms with Gasteiger partial charge in [0, 0.05) is 32.4 Å². The van der Waals surface area contributed by atoms with Crippen molar-refractivity contribution in [2.45, 2.75) is 25.5 Å². The average molecular weight is 263 g/mol. The standard InChI is InChI=1S/C14H21N3O2/c1-17(10-13-6-3-7-19-13)14(18)16-12-5-2-4-11(8-12)9-15/h2,4-5,8,13H,3,6-7,9-10,15H2,1H3,(H,16,18). The van der Waals surface area contributed by atoms with Gasteiger partial charge in [0.25, 0.3) is 0 Å². The monoisotopic (exact) mass is 263 g/mol. The summed E-state index contributed by atoms with van der Waals surface area (Å²) >= 11 is 0. The van der Waals surface area contributed by atoms with Crippen molar-refractivity contribution >= 4 is 11.7 Å². The second-order valence-corrected chi connectivity index (χ2v) is 4.85. The molecule has 3 N–H and O–H groups in total. The van der Waals surface area contributed by atoms with Crippen LogP contribution in [-0.4, -0.2) is 37.2 Å². The van der Waals surface area contributed by atoms with Crippen molar-refractivity contribution in [2.24, 2.45) is 5.73 Å². The van der Waals surface area contributed by atoms with E-state index in [1.54, 1.807) is 11.9 Å². The summed E-state index contributed by atoms with van der Waals surface area (Å²) in [5.74, 6) is 0. The molecule has 1 aliphatic heterocycles. The fraction of sp³-hybridized carbons (Fsp3) is 0.500. The third-order valence-electron chi connectivity index (χ3n) is 3.26. The van der Waals surface area contributed by atoms with Gasteiger partial charge < -0.3 is 20.7 Å². The maximum atomic E-state index is 12.0. The summed E-state index contributed by atoms with van der Waals surface area (Å²) in [5, 5.41) is 2.87. The molecule has 1 aromatic rings. The molecule has 2 amide bonds. The second-order valence-electron chi connectivity index (χ2n) is 4.85. The highest BCUT2D eigenvalue weighted by atomic mass is 16.5. The molecule has 5 nitrogen and oxygen atoms in total. The van der Waals surface area contributed by atoms with Crippen molar-refractivity contribution < 1.29 is 9.53 Å². The molecular formula is C14H21N3O2. The van der Waals surface area contributed by atoms with E-state index in [-0.39, 0.29) is 12.1 Å². The third-order valence-corrected chi connectivity index (χ3v) is 3.26. The van der Waals surface area contributed by atoms with Gasteiger partial charge in [-0.25, -0.2) is 4.79 Å². The van der Waals surface area contributed by atoms with Crippen molar-refractivity contribution in [3.05, 3.63) is 29.8 Å². The Morgan fingerprint density at radius 2 is 2.42 bits per heavy atom. The van der Waals surface area contributed by atoms with E-state index in [1.165, 1.54) is 0 Å². The largest absolute Gasteiger partial charge is 0.376 e. The normalized spacial score (nSPS) is 18.3. The first-order chi connectivity index (χ1) is 9.19. The first-order valence-electron chi connectivity index (χ1n) is 6.62. The fourth-order valence-electron chi connectivity index (χ4n) is 2.17. The minimum absolute atomic E-state index is 0.121. The summed E-state index contributed by atoms with van der Waals surface area (Å²) in [6, 6.07) is 7.45. The van der Waals surface area contributed by atoms with Crippen LogP contribution in [0.25, 0.3) is 0 Å². The minimum atomic E-state index is -0.121. The maximum absolute atomic E-state index is 12.0. The van der Waals surface area contributed by atoms with Gasteiger partial charge in [-0.05, 0) is 30.5 Å². The summed E-state index contributed by atoms with van der Waals surface area (Å²) in [6.07, 6.45) is 2.28. The molecule has 1 fully saturated rings. The molecule has 0 radical (unpaired) electrons. The summed E-state index contributed by atoms with van der Waals surface area (Å²) in [4.78, 5) is 13.7. The number of urea groups is 1. The molecule has 0 aliphatic carbocycles. The number of carbonyl (C=O) groups is 1. The molecule has 1 aromatic carbocycles. The van der Waals surface area contributed by atoms with E-state index in [0.717, 1.165) is 30.7 Å². The predicted octanol–water partition coefficient (Wildman–Crippen LogP) is 1.79. The molecule has 0 saturated carbocycles. The highest BCUT2D eigenvalue weighted by Crippen LogP contribution is 2.14. The van der Waals surface area contributed by atoms with Crippen LogP contribution in [0.5, 0.6) is 0 Å². The highest BCUT2D eigenvalue weighted by molar-refractivity contribution is 5.89. The number of benzene rings is 1. The van der Waals surface area contributed by atoms with Crippen LogP contribution in [0.2, 0.25) is 0 Å². The molecule has 2 rings (SSSR count). The maximum Gasteiger partial charge on any atom is 0.321 e. The number of likely N-dealkylation sites (N-methyl/N-ethyl adjacent to an activating group) is 1. The molecule has 1 heterocycles. The molecule has 0 spiro atoms. The number of ether oxygens (including phenoxy) is 1. The lowest BCUT2D eigenvalue weighted by molar-refractivity contribution is 0.0894. The van der Waals surface area contributed by atoms with Crippen molar-refractivity contribution in [2.75, 3.05) is 25.5 Å². The number of nitrogens with zero attached hydrogens (tertiary/aromatic N) is 1. The van der Waals surface area contributed by atoms with Crippen LogP contribution in [0.15, 0.2) is 24.3 Å². The lowest BCUT2D eigenvalue weighted by Gasteiger charge is -2.21. The number of hydrogen-bond donors (Lipinski definition) is 2. The van der Waals surface area contributed by atoms with Crippen molar-refractivity contribution in [1.82, 2.24) is 4.90 Å². The summed E-state index contributed by atoms with van der Waals surface area (Å²) in [5.41, 5.74) is 7.35.